The van der Waals surface area contributed by atoms with Crippen molar-refractivity contribution in [2.45, 2.75) is 18.2 Å². The summed E-state index contributed by atoms with van der Waals surface area (Å²) in [6, 6.07) is 14.4. The Morgan fingerprint density at radius 1 is 1.00 bits per heavy atom. The summed E-state index contributed by atoms with van der Waals surface area (Å²) in [5.41, 5.74) is 3.83. The molecular formula is C18H19ClO2. The van der Waals surface area contributed by atoms with Crippen molar-refractivity contribution in [1.82, 2.24) is 0 Å². The van der Waals surface area contributed by atoms with Crippen molar-refractivity contribution in [2.24, 2.45) is 5.92 Å². The van der Waals surface area contributed by atoms with Crippen LogP contribution in [0.15, 0.2) is 42.5 Å². The van der Waals surface area contributed by atoms with E-state index in [0.29, 0.717) is 5.92 Å². The fourth-order valence-electron chi connectivity index (χ4n) is 3.11. The maximum atomic E-state index is 6.78. The van der Waals surface area contributed by atoms with Gasteiger partial charge in [0.25, 0.3) is 0 Å². The quantitative estimate of drug-likeness (QED) is 0.779. The van der Waals surface area contributed by atoms with E-state index in [9.17, 15) is 0 Å². The van der Waals surface area contributed by atoms with E-state index < -0.39 is 0 Å². The Labute approximate surface area is 130 Å². The number of alkyl halides is 1. The lowest BCUT2D eigenvalue weighted by molar-refractivity contribution is 0.393. The number of ether oxygens (including phenoxy) is 2. The Kier molecular flexibility index (Phi) is 4.07. The second kappa shape index (κ2) is 5.98. The third-order valence-electron chi connectivity index (χ3n) is 4.23. The van der Waals surface area contributed by atoms with Crippen molar-refractivity contribution >= 4 is 11.6 Å². The molecule has 0 bridgehead atoms. The van der Waals surface area contributed by atoms with Crippen molar-refractivity contribution in [3.8, 4) is 11.5 Å². The van der Waals surface area contributed by atoms with Gasteiger partial charge in [-0.25, -0.2) is 0 Å². The molecule has 110 valence electrons. The molecule has 2 nitrogen and oxygen atoms in total. The molecule has 0 N–H and O–H groups in total. The maximum Gasteiger partial charge on any atom is 0.123 e. The van der Waals surface area contributed by atoms with Crippen molar-refractivity contribution in [3.63, 3.8) is 0 Å². The standard InChI is InChI=1S/C18H19ClO2/c1-20-15-7-8-17(21-2)16(11-15)18(19)14-9-12-5-3-4-6-13(12)10-14/h3-8,11,14,18H,9-10H2,1-2H3. The number of halogens is 1. The summed E-state index contributed by atoms with van der Waals surface area (Å²) in [5.74, 6) is 2.03. The van der Waals surface area contributed by atoms with Gasteiger partial charge in [0.05, 0.1) is 19.6 Å². The molecule has 0 radical (unpaired) electrons. The smallest absolute Gasteiger partial charge is 0.123 e. The van der Waals surface area contributed by atoms with Crippen LogP contribution in [0.3, 0.4) is 0 Å². The SMILES string of the molecule is COc1ccc(OC)c(C(Cl)C2Cc3ccccc3C2)c1. The van der Waals surface area contributed by atoms with E-state index in [1.165, 1.54) is 11.1 Å². The van der Waals surface area contributed by atoms with Crippen LogP contribution in [0.4, 0.5) is 0 Å². The molecule has 21 heavy (non-hydrogen) atoms. The average molecular weight is 303 g/mol. The zero-order valence-corrected chi connectivity index (χ0v) is 13.1. The van der Waals surface area contributed by atoms with Gasteiger partial charge >= 0.3 is 0 Å². The highest BCUT2D eigenvalue weighted by atomic mass is 35.5. The first-order valence-electron chi connectivity index (χ1n) is 7.15. The fourth-order valence-corrected chi connectivity index (χ4v) is 3.46. The van der Waals surface area contributed by atoms with Crippen molar-refractivity contribution in [3.05, 3.63) is 59.2 Å². The summed E-state index contributed by atoms with van der Waals surface area (Å²) < 4.78 is 10.8. The summed E-state index contributed by atoms with van der Waals surface area (Å²) in [6.45, 7) is 0. The molecule has 1 aliphatic rings. The van der Waals surface area contributed by atoms with Crippen LogP contribution < -0.4 is 9.47 Å². The number of rotatable bonds is 4. The Bertz CT molecular complexity index is 614. The summed E-state index contributed by atoms with van der Waals surface area (Å²) in [4.78, 5) is 0. The summed E-state index contributed by atoms with van der Waals surface area (Å²) in [5, 5.41) is -0.0811. The van der Waals surface area contributed by atoms with Gasteiger partial charge in [-0.2, -0.15) is 0 Å². The van der Waals surface area contributed by atoms with Crippen molar-refractivity contribution in [2.75, 3.05) is 14.2 Å². The normalized spacial score (nSPS) is 15.6. The van der Waals surface area contributed by atoms with Crippen LogP contribution in [-0.4, -0.2) is 14.2 Å². The minimum Gasteiger partial charge on any atom is -0.497 e. The number of benzene rings is 2. The molecule has 0 saturated heterocycles. The first-order valence-corrected chi connectivity index (χ1v) is 7.59. The topological polar surface area (TPSA) is 18.5 Å². The Hall–Kier alpha value is -1.67. The van der Waals surface area contributed by atoms with Gasteiger partial charge in [-0.15, -0.1) is 11.6 Å². The first kappa shape index (κ1) is 14.3. The maximum absolute atomic E-state index is 6.78. The highest BCUT2D eigenvalue weighted by Gasteiger charge is 2.30. The van der Waals surface area contributed by atoms with Gasteiger partial charge in [0.2, 0.25) is 0 Å². The summed E-state index contributed by atoms with van der Waals surface area (Å²) in [6.07, 6.45) is 2.04. The molecule has 1 atom stereocenters. The lowest BCUT2D eigenvalue weighted by atomic mass is 9.95. The second-order valence-electron chi connectivity index (χ2n) is 5.45. The molecule has 0 spiro atoms. The number of fused-ring (bicyclic) bond motifs is 1. The molecule has 1 aliphatic carbocycles. The molecule has 0 aromatic heterocycles. The lowest BCUT2D eigenvalue weighted by Gasteiger charge is -2.20. The summed E-state index contributed by atoms with van der Waals surface area (Å²) in [7, 11) is 3.35. The highest BCUT2D eigenvalue weighted by Crippen LogP contribution is 2.43. The van der Waals surface area contributed by atoms with E-state index >= 15 is 0 Å². The zero-order chi connectivity index (χ0) is 14.8. The largest absolute Gasteiger partial charge is 0.497 e. The number of hydrogen-bond acceptors (Lipinski definition) is 2. The van der Waals surface area contributed by atoms with Crippen LogP contribution >= 0.6 is 11.6 Å². The van der Waals surface area contributed by atoms with Crippen LogP contribution in [0.25, 0.3) is 0 Å². The zero-order valence-electron chi connectivity index (χ0n) is 12.3. The third-order valence-corrected chi connectivity index (χ3v) is 4.82. The van der Waals surface area contributed by atoms with E-state index in [1.807, 2.05) is 18.2 Å². The van der Waals surface area contributed by atoms with Gasteiger partial charge < -0.3 is 9.47 Å². The Morgan fingerprint density at radius 3 is 2.24 bits per heavy atom. The molecule has 0 heterocycles. The molecule has 1 unspecified atom stereocenters. The minimum atomic E-state index is -0.0811. The Morgan fingerprint density at radius 2 is 1.67 bits per heavy atom. The van der Waals surface area contributed by atoms with E-state index in [-0.39, 0.29) is 5.38 Å². The van der Waals surface area contributed by atoms with E-state index in [2.05, 4.69) is 24.3 Å². The molecule has 3 rings (SSSR count). The molecule has 0 fully saturated rings. The van der Waals surface area contributed by atoms with Crippen molar-refractivity contribution < 1.29 is 9.47 Å². The predicted octanol–water partition coefficient (Wildman–Crippen LogP) is 4.40. The molecular weight excluding hydrogens is 284 g/mol. The first-order chi connectivity index (χ1) is 10.2. The van der Waals surface area contributed by atoms with Crippen LogP contribution in [0.5, 0.6) is 11.5 Å². The number of hydrogen-bond donors (Lipinski definition) is 0. The lowest BCUT2D eigenvalue weighted by Crippen LogP contribution is -2.09. The molecule has 3 heteroatoms. The highest BCUT2D eigenvalue weighted by molar-refractivity contribution is 6.21. The van der Waals surface area contributed by atoms with Gasteiger partial charge in [-0.1, -0.05) is 24.3 Å². The predicted molar refractivity (Wildman–Crippen MR) is 85.5 cm³/mol. The fraction of sp³-hybridized carbons (Fsp3) is 0.333. The van der Waals surface area contributed by atoms with E-state index in [0.717, 1.165) is 29.9 Å². The van der Waals surface area contributed by atoms with Gasteiger partial charge in [-0.3, -0.25) is 0 Å². The van der Waals surface area contributed by atoms with Gasteiger partial charge in [0.15, 0.2) is 0 Å². The van der Waals surface area contributed by atoms with Crippen LogP contribution in [0.1, 0.15) is 22.1 Å². The van der Waals surface area contributed by atoms with Crippen molar-refractivity contribution in [1.29, 1.82) is 0 Å². The molecule has 0 aliphatic heterocycles. The Balaban J connectivity index is 1.88. The monoisotopic (exact) mass is 302 g/mol. The van der Waals surface area contributed by atoms with Gasteiger partial charge in [-0.05, 0) is 48.1 Å². The minimum absolute atomic E-state index is 0.0811. The van der Waals surface area contributed by atoms with Crippen LogP contribution in [0.2, 0.25) is 0 Å². The van der Waals surface area contributed by atoms with Gasteiger partial charge in [0, 0.05) is 5.56 Å². The third kappa shape index (κ3) is 2.73. The molecule has 0 saturated carbocycles. The second-order valence-corrected chi connectivity index (χ2v) is 5.92. The van der Waals surface area contributed by atoms with Gasteiger partial charge in [0.1, 0.15) is 11.5 Å². The average Bonchev–Trinajstić information content (AvgIpc) is 2.97. The molecule has 0 amide bonds. The van der Waals surface area contributed by atoms with Crippen LogP contribution in [0, 0.1) is 5.92 Å². The summed E-state index contributed by atoms with van der Waals surface area (Å²) >= 11 is 6.78. The van der Waals surface area contributed by atoms with Crippen LogP contribution in [-0.2, 0) is 12.8 Å². The molecule has 2 aromatic carbocycles. The molecule has 2 aromatic rings. The number of methoxy groups -OCH3 is 2. The van der Waals surface area contributed by atoms with E-state index in [1.54, 1.807) is 14.2 Å². The van der Waals surface area contributed by atoms with E-state index in [4.69, 9.17) is 21.1 Å².